The molecule has 37 heavy (non-hydrogen) atoms. The van der Waals surface area contributed by atoms with Gasteiger partial charge in [-0.05, 0) is 49.1 Å². The van der Waals surface area contributed by atoms with Crippen molar-refractivity contribution < 1.29 is 19.1 Å². The van der Waals surface area contributed by atoms with Gasteiger partial charge in [-0.15, -0.1) is 0 Å². The van der Waals surface area contributed by atoms with E-state index in [0.717, 1.165) is 16.1 Å². The Morgan fingerprint density at radius 3 is 2.30 bits per heavy atom. The maximum Gasteiger partial charge on any atom is 0.335 e. The Hall–Kier alpha value is -2.55. The summed E-state index contributed by atoms with van der Waals surface area (Å²) in [6.07, 6.45) is 3.01. The summed E-state index contributed by atoms with van der Waals surface area (Å²) in [6.45, 7) is 3.54. The molecule has 198 valence electrons. The van der Waals surface area contributed by atoms with Crippen molar-refractivity contribution in [2.75, 3.05) is 19.4 Å². The SMILES string of the molecule is CCC(CC)(c1ccc(NC(=O)CCc2sc(/N=C/N(C)C)nc2-c2ccc(Cl)cc2)cc1)P(=O)(O)O. The average molecular weight is 563 g/mol. The van der Waals surface area contributed by atoms with Gasteiger partial charge in [0.1, 0.15) is 0 Å². The van der Waals surface area contributed by atoms with Crippen molar-refractivity contribution in [3.8, 4) is 11.3 Å². The van der Waals surface area contributed by atoms with Gasteiger partial charge in [-0.2, -0.15) is 0 Å². The van der Waals surface area contributed by atoms with Crippen molar-refractivity contribution in [2.45, 2.75) is 44.7 Å². The number of carbonyl (C=O) groups is 1. The van der Waals surface area contributed by atoms with Gasteiger partial charge >= 0.3 is 7.60 Å². The summed E-state index contributed by atoms with van der Waals surface area (Å²) in [4.78, 5) is 44.5. The van der Waals surface area contributed by atoms with Crippen molar-refractivity contribution in [3.05, 3.63) is 64.0 Å². The van der Waals surface area contributed by atoms with Gasteiger partial charge in [0.25, 0.3) is 0 Å². The van der Waals surface area contributed by atoms with Gasteiger partial charge in [0, 0.05) is 41.7 Å². The topological polar surface area (TPSA) is 115 Å². The number of aryl methyl sites for hydroxylation is 1. The number of anilines is 1. The van der Waals surface area contributed by atoms with E-state index in [1.54, 1.807) is 56.6 Å². The summed E-state index contributed by atoms with van der Waals surface area (Å²) in [5.74, 6) is -0.172. The van der Waals surface area contributed by atoms with Crippen molar-refractivity contribution >= 4 is 53.6 Å². The summed E-state index contributed by atoms with van der Waals surface area (Å²) in [6, 6.07) is 14.1. The number of nitrogens with zero attached hydrogens (tertiary/aromatic N) is 3. The third-order valence-electron chi connectivity index (χ3n) is 6.22. The molecule has 0 fully saturated rings. The number of thiazole rings is 1. The molecule has 0 aliphatic heterocycles. The number of halogens is 1. The summed E-state index contributed by atoms with van der Waals surface area (Å²) in [5, 5.41) is 2.88. The van der Waals surface area contributed by atoms with Crippen LogP contribution in [0.2, 0.25) is 5.02 Å². The zero-order valence-corrected chi connectivity index (χ0v) is 23.8. The monoisotopic (exact) mass is 562 g/mol. The number of benzene rings is 2. The number of hydrogen-bond donors (Lipinski definition) is 3. The van der Waals surface area contributed by atoms with E-state index in [1.165, 1.54) is 11.3 Å². The average Bonchev–Trinajstić information content (AvgIpc) is 3.26. The molecule has 0 atom stereocenters. The molecule has 0 bridgehead atoms. The second kappa shape index (κ2) is 12.3. The first kappa shape index (κ1) is 29.0. The lowest BCUT2D eigenvalue weighted by atomic mass is 9.92. The van der Waals surface area contributed by atoms with E-state index in [-0.39, 0.29) is 12.3 Å². The largest absolute Gasteiger partial charge is 0.369 e. The van der Waals surface area contributed by atoms with Gasteiger partial charge in [-0.1, -0.05) is 61.1 Å². The Kier molecular flexibility index (Phi) is 9.67. The first-order chi connectivity index (χ1) is 17.5. The predicted octanol–water partition coefficient (Wildman–Crippen LogP) is 6.45. The highest BCUT2D eigenvalue weighted by molar-refractivity contribution is 7.53. The van der Waals surface area contributed by atoms with Crippen LogP contribution in [-0.2, 0) is 20.9 Å². The number of amides is 1. The quantitative estimate of drug-likeness (QED) is 0.140. The van der Waals surface area contributed by atoms with Crippen LogP contribution in [0.15, 0.2) is 53.5 Å². The molecule has 3 aromatic rings. The lowest BCUT2D eigenvalue weighted by Crippen LogP contribution is -2.24. The molecule has 0 saturated heterocycles. The number of rotatable bonds is 11. The predicted molar refractivity (Wildman–Crippen MR) is 152 cm³/mol. The third-order valence-corrected chi connectivity index (χ3v) is 9.50. The molecule has 0 aliphatic carbocycles. The molecule has 8 nitrogen and oxygen atoms in total. The molecule has 1 heterocycles. The highest BCUT2D eigenvalue weighted by Crippen LogP contribution is 2.60. The zero-order chi connectivity index (χ0) is 27.2. The fraction of sp³-hybridized carbons (Fsp3) is 0.346. The van der Waals surface area contributed by atoms with Crippen LogP contribution < -0.4 is 5.32 Å². The molecule has 0 saturated carbocycles. The molecule has 1 aromatic heterocycles. The van der Waals surface area contributed by atoms with Crippen molar-refractivity contribution in [3.63, 3.8) is 0 Å². The van der Waals surface area contributed by atoms with Crippen LogP contribution in [0, 0.1) is 0 Å². The Balaban J connectivity index is 1.74. The minimum absolute atomic E-state index is 0.172. The van der Waals surface area contributed by atoms with E-state index >= 15 is 0 Å². The number of aromatic nitrogens is 1. The van der Waals surface area contributed by atoms with Gasteiger partial charge in [-0.25, -0.2) is 9.98 Å². The van der Waals surface area contributed by atoms with E-state index in [9.17, 15) is 19.1 Å². The van der Waals surface area contributed by atoms with Crippen molar-refractivity contribution in [1.82, 2.24) is 9.88 Å². The summed E-state index contributed by atoms with van der Waals surface area (Å²) in [7, 11) is -0.609. The second-order valence-electron chi connectivity index (χ2n) is 8.89. The molecule has 0 radical (unpaired) electrons. The fourth-order valence-electron chi connectivity index (χ4n) is 4.11. The number of carbonyl (C=O) groups excluding carboxylic acids is 1. The van der Waals surface area contributed by atoms with E-state index in [0.29, 0.717) is 40.7 Å². The maximum absolute atomic E-state index is 12.7. The standard InChI is InChI=1S/C26H32ClN4O4PS/c1-5-26(6-2,36(33,34)35)19-9-13-21(14-10-19)29-23(32)16-15-22-24(18-7-11-20(27)12-8-18)30-25(37-22)28-17-31(3)4/h7-14,17H,5-6,15-16H2,1-4H3,(H,29,32)(H2,33,34,35)/b28-17+. The molecular formula is C26H32ClN4O4PS. The zero-order valence-electron chi connectivity index (χ0n) is 21.3. The van der Waals surface area contributed by atoms with Crippen LogP contribution in [0.4, 0.5) is 10.8 Å². The molecule has 1 amide bonds. The highest BCUT2D eigenvalue weighted by atomic mass is 35.5. The van der Waals surface area contributed by atoms with Gasteiger partial charge < -0.3 is 20.0 Å². The fourth-order valence-corrected chi connectivity index (χ4v) is 6.47. The van der Waals surface area contributed by atoms with Gasteiger partial charge in [-0.3, -0.25) is 9.36 Å². The van der Waals surface area contributed by atoms with Crippen LogP contribution in [-0.4, -0.2) is 46.0 Å². The van der Waals surface area contributed by atoms with Crippen molar-refractivity contribution in [2.24, 2.45) is 4.99 Å². The number of nitrogens with one attached hydrogen (secondary N) is 1. The Labute approximate surface area is 226 Å². The molecule has 11 heteroatoms. The molecule has 0 unspecified atom stereocenters. The summed E-state index contributed by atoms with van der Waals surface area (Å²) < 4.78 is 12.2. The van der Waals surface area contributed by atoms with Gasteiger partial charge in [0.05, 0.1) is 17.2 Å². The van der Waals surface area contributed by atoms with Crippen LogP contribution in [0.3, 0.4) is 0 Å². The van der Waals surface area contributed by atoms with Gasteiger partial charge in [0.2, 0.25) is 11.0 Å². The van der Waals surface area contributed by atoms with Crippen LogP contribution in [0.25, 0.3) is 11.3 Å². The smallest absolute Gasteiger partial charge is 0.335 e. The molecule has 3 N–H and O–H groups in total. The van der Waals surface area contributed by atoms with Crippen LogP contribution in [0.1, 0.15) is 43.6 Å². The lowest BCUT2D eigenvalue weighted by Gasteiger charge is -2.33. The van der Waals surface area contributed by atoms with E-state index in [2.05, 4.69) is 15.3 Å². The van der Waals surface area contributed by atoms with Crippen molar-refractivity contribution in [1.29, 1.82) is 0 Å². The molecule has 2 aromatic carbocycles. The number of aliphatic imine (C=N–C) groups is 1. The molecular weight excluding hydrogens is 531 g/mol. The van der Waals surface area contributed by atoms with E-state index in [4.69, 9.17) is 11.6 Å². The molecule has 0 aliphatic rings. The minimum atomic E-state index is -4.37. The summed E-state index contributed by atoms with van der Waals surface area (Å²) >= 11 is 7.48. The Morgan fingerprint density at radius 2 is 1.76 bits per heavy atom. The first-order valence-corrected chi connectivity index (χ1v) is 14.7. The minimum Gasteiger partial charge on any atom is -0.369 e. The van der Waals surface area contributed by atoms with Gasteiger partial charge in [0.15, 0.2) is 0 Å². The normalized spacial score (nSPS) is 12.2. The number of hydrogen-bond acceptors (Lipinski definition) is 5. The van der Waals surface area contributed by atoms with Crippen LogP contribution >= 0.6 is 30.5 Å². The maximum atomic E-state index is 12.7. The van der Waals surface area contributed by atoms with E-state index < -0.39 is 12.8 Å². The summed E-state index contributed by atoms with van der Waals surface area (Å²) in [5.41, 5.74) is 2.81. The lowest BCUT2D eigenvalue weighted by molar-refractivity contribution is -0.116. The van der Waals surface area contributed by atoms with Crippen LogP contribution in [0.5, 0.6) is 0 Å². The molecule has 3 rings (SSSR count). The highest BCUT2D eigenvalue weighted by Gasteiger charge is 2.45. The Morgan fingerprint density at radius 1 is 1.14 bits per heavy atom. The Bertz CT molecular complexity index is 1280. The van der Waals surface area contributed by atoms with E-state index in [1.807, 2.05) is 31.1 Å². The molecule has 0 spiro atoms. The third kappa shape index (κ3) is 7.06. The first-order valence-electron chi connectivity index (χ1n) is 11.9. The second-order valence-corrected chi connectivity index (χ2v) is 12.3.